The summed E-state index contributed by atoms with van der Waals surface area (Å²) in [5.41, 5.74) is 1.98. The highest BCUT2D eigenvalue weighted by Crippen LogP contribution is 2.29. The number of benzene rings is 2. The molecule has 2 aromatic rings. The fourth-order valence-corrected chi connectivity index (χ4v) is 5.08. The van der Waals surface area contributed by atoms with Gasteiger partial charge in [0.2, 0.25) is 12.3 Å². The number of hydrogen-bond acceptors (Lipinski definition) is 4. The van der Waals surface area contributed by atoms with Crippen LogP contribution in [0.2, 0.25) is 5.02 Å². The van der Waals surface area contributed by atoms with Gasteiger partial charge in [0.25, 0.3) is 5.91 Å². The number of amides is 5. The van der Waals surface area contributed by atoms with Crippen LogP contribution in [0.15, 0.2) is 48.7 Å². The quantitative estimate of drug-likeness (QED) is 0.381. The van der Waals surface area contributed by atoms with Crippen LogP contribution in [-0.4, -0.2) is 82.6 Å². The Bertz CT molecular complexity index is 1330. The summed E-state index contributed by atoms with van der Waals surface area (Å²) in [6, 6.07) is 11.4. The van der Waals surface area contributed by atoms with Crippen molar-refractivity contribution in [2.45, 2.75) is 45.3 Å². The first-order chi connectivity index (χ1) is 19.1. The first-order valence-corrected chi connectivity index (χ1v) is 13.6. The highest BCUT2D eigenvalue weighted by Gasteiger charge is 2.33. The molecule has 1 N–H and O–H groups in total. The van der Waals surface area contributed by atoms with Gasteiger partial charge in [-0.2, -0.15) is 0 Å². The number of carbonyl (C=O) groups is 4. The molecule has 0 saturated carbocycles. The molecule has 0 aliphatic carbocycles. The highest BCUT2D eigenvalue weighted by molar-refractivity contribution is 6.35. The molecule has 11 heteroatoms. The molecule has 1 saturated heterocycles. The zero-order valence-corrected chi connectivity index (χ0v) is 23.5. The smallest absolute Gasteiger partial charge is 0.322 e. The Balaban J connectivity index is 1.45. The van der Waals surface area contributed by atoms with Crippen molar-refractivity contribution in [3.8, 4) is 0 Å². The highest BCUT2D eigenvalue weighted by atomic mass is 35.5. The minimum absolute atomic E-state index is 0.00398. The van der Waals surface area contributed by atoms with E-state index >= 15 is 0 Å². The lowest BCUT2D eigenvalue weighted by Crippen LogP contribution is -2.52. The van der Waals surface area contributed by atoms with Crippen LogP contribution in [0, 0.1) is 5.82 Å². The van der Waals surface area contributed by atoms with Crippen molar-refractivity contribution in [2.75, 3.05) is 32.0 Å². The van der Waals surface area contributed by atoms with Crippen molar-refractivity contribution in [1.29, 1.82) is 0 Å². The molecule has 2 heterocycles. The van der Waals surface area contributed by atoms with Gasteiger partial charge in [-0.3, -0.25) is 14.4 Å². The molecule has 5 amide bonds. The molecule has 0 aromatic heterocycles. The van der Waals surface area contributed by atoms with Crippen LogP contribution in [0.25, 0.3) is 5.57 Å². The lowest BCUT2D eigenvalue weighted by molar-refractivity contribution is -0.135. The third kappa shape index (κ3) is 6.28. The molecule has 0 unspecified atom stereocenters. The number of anilines is 1. The Morgan fingerprint density at radius 2 is 1.85 bits per heavy atom. The van der Waals surface area contributed by atoms with Gasteiger partial charge in [0.1, 0.15) is 12.4 Å². The number of fused-ring (bicyclic) bond motifs is 1. The Labute approximate surface area is 238 Å². The van der Waals surface area contributed by atoms with Gasteiger partial charge in [0.05, 0.1) is 10.6 Å². The molecule has 0 atom stereocenters. The summed E-state index contributed by atoms with van der Waals surface area (Å²) in [4.78, 5) is 57.1. The van der Waals surface area contributed by atoms with E-state index in [2.05, 4.69) is 5.32 Å². The third-order valence-electron chi connectivity index (χ3n) is 7.43. The van der Waals surface area contributed by atoms with E-state index in [1.165, 1.54) is 29.3 Å². The number of piperidine rings is 1. The van der Waals surface area contributed by atoms with Crippen molar-refractivity contribution < 1.29 is 23.6 Å². The number of likely N-dealkylation sites (tertiary alicyclic amines) is 1. The first kappa shape index (κ1) is 29.1. The summed E-state index contributed by atoms with van der Waals surface area (Å²) >= 11 is 6.19. The molecule has 4 rings (SSSR count). The SMILES string of the molecule is CC(C)N(C)C(=O)/C(=C\N(C=O)CC(=O)N1CCC(N2Cc3ccccc3NC2=O)CC1)c1cccc(F)c1Cl. The molecule has 2 aliphatic heterocycles. The van der Waals surface area contributed by atoms with Gasteiger partial charge < -0.3 is 24.9 Å². The Hall–Kier alpha value is -3.92. The average molecular weight is 570 g/mol. The number of urea groups is 1. The van der Waals surface area contributed by atoms with Gasteiger partial charge >= 0.3 is 6.03 Å². The van der Waals surface area contributed by atoms with Crippen LogP contribution in [0.4, 0.5) is 14.9 Å². The van der Waals surface area contributed by atoms with E-state index in [1.807, 2.05) is 38.1 Å². The van der Waals surface area contributed by atoms with Gasteiger partial charge in [0, 0.05) is 56.2 Å². The van der Waals surface area contributed by atoms with E-state index in [9.17, 15) is 23.6 Å². The van der Waals surface area contributed by atoms with Gasteiger partial charge in [-0.25, -0.2) is 9.18 Å². The van der Waals surface area contributed by atoms with E-state index in [-0.39, 0.29) is 46.7 Å². The topological polar surface area (TPSA) is 93.3 Å². The second kappa shape index (κ2) is 12.5. The molecule has 0 radical (unpaired) electrons. The van der Waals surface area contributed by atoms with Gasteiger partial charge in [-0.15, -0.1) is 0 Å². The number of halogens is 2. The Morgan fingerprint density at radius 3 is 2.52 bits per heavy atom. The standard InChI is InChI=1S/C29H33ClFN5O4/c1-19(2)33(3)28(39)23(22-8-6-9-24(31)27(22)30)16-34(18-37)17-26(38)35-13-11-21(12-14-35)36-15-20-7-4-5-10-25(20)32-29(36)40/h4-10,16,18-19,21H,11-15,17H2,1-3H3,(H,32,40)/b23-16-. The number of carbonyl (C=O) groups excluding carboxylic acids is 4. The predicted molar refractivity (Wildman–Crippen MR) is 151 cm³/mol. The van der Waals surface area contributed by atoms with Crippen molar-refractivity contribution in [3.63, 3.8) is 0 Å². The van der Waals surface area contributed by atoms with Crippen molar-refractivity contribution in [2.24, 2.45) is 0 Å². The van der Waals surface area contributed by atoms with E-state index in [1.54, 1.807) is 16.8 Å². The molecule has 2 aromatic carbocycles. The summed E-state index contributed by atoms with van der Waals surface area (Å²) in [5.74, 6) is -1.47. The first-order valence-electron chi connectivity index (χ1n) is 13.2. The maximum absolute atomic E-state index is 14.2. The molecule has 0 spiro atoms. The van der Waals surface area contributed by atoms with Crippen molar-refractivity contribution in [1.82, 2.24) is 19.6 Å². The summed E-state index contributed by atoms with van der Waals surface area (Å²) in [6.45, 7) is 4.68. The van der Waals surface area contributed by atoms with E-state index in [4.69, 9.17) is 11.6 Å². The zero-order valence-electron chi connectivity index (χ0n) is 22.8. The number of hydrogen-bond donors (Lipinski definition) is 1. The molecule has 212 valence electrons. The molecule has 0 bridgehead atoms. The largest absolute Gasteiger partial charge is 0.341 e. The van der Waals surface area contributed by atoms with Crippen LogP contribution >= 0.6 is 11.6 Å². The van der Waals surface area contributed by atoms with Crippen molar-refractivity contribution in [3.05, 3.63) is 70.6 Å². The molecule has 1 fully saturated rings. The van der Waals surface area contributed by atoms with E-state index in [0.717, 1.165) is 16.2 Å². The Morgan fingerprint density at radius 1 is 1.15 bits per heavy atom. The molecular weight excluding hydrogens is 537 g/mol. The van der Waals surface area contributed by atoms with Crippen LogP contribution in [0.5, 0.6) is 0 Å². The molecular formula is C29H33ClFN5O4. The predicted octanol–water partition coefficient (Wildman–Crippen LogP) is 4.18. The van der Waals surface area contributed by atoms with Crippen LogP contribution < -0.4 is 5.32 Å². The second-order valence-electron chi connectivity index (χ2n) is 10.3. The minimum Gasteiger partial charge on any atom is -0.341 e. The monoisotopic (exact) mass is 569 g/mol. The fourth-order valence-electron chi connectivity index (χ4n) is 4.86. The number of rotatable bonds is 8. The van der Waals surface area contributed by atoms with Crippen LogP contribution in [-0.2, 0) is 20.9 Å². The normalized spacial score (nSPS) is 15.9. The third-order valence-corrected chi connectivity index (χ3v) is 7.82. The number of nitrogens with one attached hydrogen (secondary N) is 1. The number of likely N-dealkylation sites (N-methyl/N-ethyl adjacent to an activating group) is 1. The summed E-state index contributed by atoms with van der Waals surface area (Å²) in [6.07, 6.45) is 2.89. The maximum atomic E-state index is 14.2. The van der Waals surface area contributed by atoms with E-state index in [0.29, 0.717) is 38.9 Å². The van der Waals surface area contributed by atoms with Gasteiger partial charge in [-0.1, -0.05) is 41.9 Å². The van der Waals surface area contributed by atoms with Crippen LogP contribution in [0.1, 0.15) is 37.8 Å². The lowest BCUT2D eigenvalue weighted by atomic mass is 10.0. The minimum atomic E-state index is -0.701. The van der Waals surface area contributed by atoms with E-state index < -0.39 is 11.7 Å². The summed E-state index contributed by atoms with van der Waals surface area (Å²) in [5, 5.41) is 2.68. The van der Waals surface area contributed by atoms with Gasteiger partial charge in [0.15, 0.2) is 0 Å². The second-order valence-corrected chi connectivity index (χ2v) is 10.6. The number of nitrogens with zero attached hydrogens (tertiary/aromatic N) is 4. The van der Waals surface area contributed by atoms with Crippen LogP contribution in [0.3, 0.4) is 0 Å². The zero-order chi connectivity index (χ0) is 29.0. The summed E-state index contributed by atoms with van der Waals surface area (Å²) in [7, 11) is 1.59. The molecule has 40 heavy (non-hydrogen) atoms. The lowest BCUT2D eigenvalue weighted by Gasteiger charge is -2.40. The van der Waals surface area contributed by atoms with Crippen molar-refractivity contribution >= 4 is 47.1 Å². The maximum Gasteiger partial charge on any atom is 0.322 e. The molecule has 2 aliphatic rings. The van der Waals surface area contributed by atoms with Gasteiger partial charge in [-0.05, 0) is 44.4 Å². The Kier molecular flexibility index (Phi) is 9.09. The average Bonchev–Trinajstić information content (AvgIpc) is 2.95. The summed E-state index contributed by atoms with van der Waals surface area (Å²) < 4.78 is 14.2. The molecule has 9 nitrogen and oxygen atoms in total. The number of para-hydroxylation sites is 1. The fraction of sp³-hybridized carbons (Fsp3) is 0.379.